The van der Waals surface area contributed by atoms with E-state index < -0.39 is 0 Å². The SMILES string of the molecule is CC(C)(C)C(=S)CCN1C(=O)C=CC1=O. The second-order valence-corrected chi connectivity index (χ2v) is 5.08. The Labute approximate surface area is 95.1 Å². The van der Waals surface area contributed by atoms with E-state index in [2.05, 4.69) is 0 Å². The normalized spacial score (nSPS) is 16.3. The van der Waals surface area contributed by atoms with Crippen molar-refractivity contribution in [1.29, 1.82) is 0 Å². The highest BCUT2D eigenvalue weighted by Crippen LogP contribution is 2.19. The molecular weight excluding hydrogens is 210 g/mol. The van der Waals surface area contributed by atoms with Crippen LogP contribution in [0.1, 0.15) is 27.2 Å². The van der Waals surface area contributed by atoms with Gasteiger partial charge in [-0.15, -0.1) is 0 Å². The summed E-state index contributed by atoms with van der Waals surface area (Å²) in [6.45, 7) is 6.48. The number of imide groups is 1. The molecule has 0 aromatic rings. The molecule has 82 valence electrons. The number of hydrogen-bond acceptors (Lipinski definition) is 3. The highest BCUT2D eigenvalue weighted by molar-refractivity contribution is 7.80. The molecule has 0 aromatic carbocycles. The minimum atomic E-state index is -0.239. The van der Waals surface area contributed by atoms with E-state index in [0.29, 0.717) is 13.0 Å². The maximum atomic E-state index is 11.2. The zero-order valence-corrected chi connectivity index (χ0v) is 10.1. The number of thiocarbonyl (C=S) groups is 1. The van der Waals surface area contributed by atoms with Crippen molar-refractivity contribution < 1.29 is 9.59 Å². The second-order valence-electron chi connectivity index (χ2n) is 4.58. The first-order valence-corrected chi connectivity index (χ1v) is 5.30. The largest absolute Gasteiger partial charge is 0.275 e. The Hall–Kier alpha value is -1.03. The van der Waals surface area contributed by atoms with Crippen molar-refractivity contribution in [3.05, 3.63) is 12.2 Å². The maximum absolute atomic E-state index is 11.2. The molecule has 0 aromatic heterocycles. The summed E-state index contributed by atoms with van der Waals surface area (Å²) in [6.07, 6.45) is 3.18. The van der Waals surface area contributed by atoms with Gasteiger partial charge >= 0.3 is 0 Å². The quantitative estimate of drug-likeness (QED) is 0.542. The van der Waals surface area contributed by atoms with Crippen LogP contribution in [0.3, 0.4) is 0 Å². The molecule has 1 aliphatic rings. The van der Waals surface area contributed by atoms with Crippen molar-refractivity contribution in [2.45, 2.75) is 27.2 Å². The molecule has 0 radical (unpaired) electrons. The van der Waals surface area contributed by atoms with Gasteiger partial charge in [0.25, 0.3) is 11.8 Å². The highest BCUT2D eigenvalue weighted by Gasteiger charge is 2.25. The van der Waals surface area contributed by atoms with Gasteiger partial charge in [0.2, 0.25) is 0 Å². The van der Waals surface area contributed by atoms with Gasteiger partial charge in [-0.1, -0.05) is 33.0 Å². The van der Waals surface area contributed by atoms with E-state index in [0.717, 1.165) is 4.86 Å². The molecule has 0 saturated carbocycles. The predicted molar refractivity (Wildman–Crippen MR) is 62.5 cm³/mol. The molecule has 0 saturated heterocycles. The van der Waals surface area contributed by atoms with E-state index in [1.165, 1.54) is 17.1 Å². The minimum absolute atomic E-state index is 0.0470. The first-order chi connectivity index (χ1) is 6.82. The van der Waals surface area contributed by atoms with Crippen LogP contribution in [0.5, 0.6) is 0 Å². The van der Waals surface area contributed by atoms with Gasteiger partial charge in [0.05, 0.1) is 0 Å². The Morgan fingerprint density at radius 1 is 1.27 bits per heavy atom. The molecule has 4 heteroatoms. The fourth-order valence-corrected chi connectivity index (χ4v) is 1.33. The van der Waals surface area contributed by atoms with Crippen LogP contribution in [0.2, 0.25) is 0 Å². The lowest BCUT2D eigenvalue weighted by atomic mass is 9.90. The lowest BCUT2D eigenvalue weighted by Gasteiger charge is -2.22. The summed E-state index contributed by atoms with van der Waals surface area (Å²) >= 11 is 5.23. The topological polar surface area (TPSA) is 37.4 Å². The molecule has 1 heterocycles. The summed E-state index contributed by atoms with van der Waals surface area (Å²) in [7, 11) is 0. The summed E-state index contributed by atoms with van der Waals surface area (Å²) in [5.41, 5.74) is -0.0470. The van der Waals surface area contributed by atoms with Gasteiger partial charge in [-0.2, -0.15) is 0 Å². The molecule has 1 rings (SSSR count). The second kappa shape index (κ2) is 4.23. The molecule has 0 N–H and O–H groups in total. The Balaban J connectivity index is 2.49. The van der Waals surface area contributed by atoms with E-state index in [1.807, 2.05) is 20.8 Å². The van der Waals surface area contributed by atoms with Crippen LogP contribution in [0, 0.1) is 5.41 Å². The van der Waals surface area contributed by atoms with Crippen LogP contribution < -0.4 is 0 Å². The molecule has 1 aliphatic heterocycles. The van der Waals surface area contributed by atoms with Gasteiger partial charge in [0.1, 0.15) is 0 Å². The van der Waals surface area contributed by atoms with Crippen molar-refractivity contribution in [3.8, 4) is 0 Å². The Morgan fingerprint density at radius 3 is 2.13 bits per heavy atom. The number of amides is 2. The van der Waals surface area contributed by atoms with Crippen LogP contribution in [0.15, 0.2) is 12.2 Å². The monoisotopic (exact) mass is 225 g/mol. The minimum Gasteiger partial charge on any atom is -0.275 e. The number of rotatable bonds is 3. The molecule has 2 amide bonds. The summed E-state index contributed by atoms with van der Waals surface area (Å²) in [5, 5.41) is 0. The van der Waals surface area contributed by atoms with Crippen molar-refractivity contribution in [2.75, 3.05) is 6.54 Å². The lowest BCUT2D eigenvalue weighted by molar-refractivity contribution is -0.136. The standard InChI is InChI=1S/C11H15NO2S/c1-11(2,3)8(15)6-7-12-9(13)4-5-10(12)14/h4-5H,6-7H2,1-3H3. The van der Waals surface area contributed by atoms with Crippen LogP contribution in [-0.4, -0.2) is 28.1 Å². The smallest absolute Gasteiger partial charge is 0.253 e. The first kappa shape index (κ1) is 12.0. The van der Waals surface area contributed by atoms with E-state index >= 15 is 0 Å². The molecule has 3 nitrogen and oxygen atoms in total. The third kappa shape index (κ3) is 2.96. The van der Waals surface area contributed by atoms with Crippen LogP contribution in [0.4, 0.5) is 0 Å². The van der Waals surface area contributed by atoms with E-state index in [9.17, 15) is 9.59 Å². The predicted octanol–water partition coefficient (Wildman–Crippen LogP) is 1.72. The molecule has 0 fully saturated rings. The van der Waals surface area contributed by atoms with Crippen molar-refractivity contribution in [2.24, 2.45) is 5.41 Å². The zero-order valence-electron chi connectivity index (χ0n) is 9.24. The number of carbonyl (C=O) groups is 2. The lowest BCUT2D eigenvalue weighted by Crippen LogP contribution is -2.33. The molecule has 0 bridgehead atoms. The fourth-order valence-electron chi connectivity index (χ4n) is 1.24. The molecule has 0 aliphatic carbocycles. The maximum Gasteiger partial charge on any atom is 0.253 e. The molecular formula is C11H15NO2S. The van der Waals surface area contributed by atoms with Gasteiger partial charge in [0.15, 0.2) is 0 Å². The van der Waals surface area contributed by atoms with Crippen molar-refractivity contribution in [1.82, 2.24) is 4.90 Å². The van der Waals surface area contributed by atoms with Crippen LogP contribution in [-0.2, 0) is 9.59 Å². The van der Waals surface area contributed by atoms with Crippen molar-refractivity contribution in [3.63, 3.8) is 0 Å². The summed E-state index contributed by atoms with van der Waals surface area (Å²) in [4.78, 5) is 24.5. The number of carbonyl (C=O) groups excluding carboxylic acids is 2. The molecule has 15 heavy (non-hydrogen) atoms. The summed E-state index contributed by atoms with van der Waals surface area (Å²) < 4.78 is 0. The Kier molecular flexibility index (Phi) is 3.39. The first-order valence-electron chi connectivity index (χ1n) is 4.89. The Bertz CT molecular complexity index is 321. The summed E-state index contributed by atoms with van der Waals surface area (Å²) in [5.74, 6) is -0.478. The zero-order chi connectivity index (χ0) is 11.6. The van der Waals surface area contributed by atoms with Gasteiger partial charge < -0.3 is 0 Å². The van der Waals surface area contributed by atoms with Gasteiger partial charge in [0, 0.05) is 18.7 Å². The fraction of sp³-hybridized carbons (Fsp3) is 0.545. The highest BCUT2D eigenvalue weighted by atomic mass is 32.1. The third-order valence-corrected chi connectivity index (χ3v) is 3.12. The number of hydrogen-bond donors (Lipinski definition) is 0. The van der Waals surface area contributed by atoms with E-state index in [4.69, 9.17) is 12.2 Å². The van der Waals surface area contributed by atoms with Crippen LogP contribution >= 0.6 is 12.2 Å². The molecule has 0 atom stereocenters. The van der Waals surface area contributed by atoms with Crippen molar-refractivity contribution >= 4 is 28.9 Å². The van der Waals surface area contributed by atoms with Gasteiger partial charge in [-0.25, -0.2) is 0 Å². The third-order valence-electron chi connectivity index (χ3n) is 2.30. The Morgan fingerprint density at radius 2 is 1.73 bits per heavy atom. The van der Waals surface area contributed by atoms with E-state index in [1.54, 1.807) is 0 Å². The summed E-state index contributed by atoms with van der Waals surface area (Å²) in [6, 6.07) is 0. The van der Waals surface area contributed by atoms with E-state index in [-0.39, 0.29) is 17.2 Å². The molecule has 0 spiro atoms. The average Bonchev–Trinajstić information content (AvgIpc) is 2.41. The van der Waals surface area contributed by atoms with Gasteiger partial charge in [-0.05, 0) is 16.7 Å². The average molecular weight is 225 g/mol. The van der Waals surface area contributed by atoms with Gasteiger partial charge in [-0.3, -0.25) is 14.5 Å². The number of nitrogens with zero attached hydrogens (tertiary/aromatic N) is 1. The molecule has 0 unspecified atom stereocenters. The van der Waals surface area contributed by atoms with Crippen LogP contribution in [0.25, 0.3) is 0 Å².